The van der Waals surface area contributed by atoms with Crippen LogP contribution in [0.5, 0.6) is 0 Å². The zero-order valence-electron chi connectivity index (χ0n) is 17.0. The van der Waals surface area contributed by atoms with Crippen LogP contribution >= 0.6 is 0 Å². The van der Waals surface area contributed by atoms with Crippen molar-refractivity contribution < 1.29 is 19.1 Å². The first-order chi connectivity index (χ1) is 13.9. The number of benzene rings is 2. The first-order valence-corrected chi connectivity index (χ1v) is 9.89. The van der Waals surface area contributed by atoms with Crippen LogP contribution in [0.25, 0.3) is 0 Å². The molecule has 0 aliphatic rings. The highest BCUT2D eigenvalue weighted by Crippen LogP contribution is 2.17. The van der Waals surface area contributed by atoms with Gasteiger partial charge < -0.3 is 15.3 Å². The monoisotopic (exact) mass is 400 g/mol. The van der Waals surface area contributed by atoms with Gasteiger partial charge in [-0.2, -0.15) is 0 Å². The average Bonchev–Trinajstić information content (AvgIpc) is 2.72. The second-order valence-electron chi connectivity index (χ2n) is 7.32. The molecule has 2 aromatic rings. The van der Waals surface area contributed by atoms with Crippen molar-refractivity contribution in [3.05, 3.63) is 71.5 Å². The van der Waals surface area contributed by atoms with Gasteiger partial charge in [-0.25, -0.2) is 4.39 Å². The maximum absolute atomic E-state index is 13.3. The van der Waals surface area contributed by atoms with Crippen LogP contribution in [0.15, 0.2) is 54.6 Å². The van der Waals surface area contributed by atoms with Gasteiger partial charge in [0.25, 0.3) is 0 Å². The summed E-state index contributed by atoms with van der Waals surface area (Å²) in [4.78, 5) is 27.6. The molecule has 0 saturated carbocycles. The maximum Gasteiger partial charge on any atom is 0.243 e. The summed E-state index contributed by atoms with van der Waals surface area (Å²) in [5.41, 5.74) is 1.69. The fourth-order valence-electron chi connectivity index (χ4n) is 3.05. The Morgan fingerprint density at radius 2 is 1.69 bits per heavy atom. The summed E-state index contributed by atoms with van der Waals surface area (Å²) in [6, 6.07) is 14.8. The molecule has 0 unspecified atom stereocenters. The fourth-order valence-corrected chi connectivity index (χ4v) is 3.05. The molecule has 156 valence electrons. The Balaban J connectivity index is 2.33. The van der Waals surface area contributed by atoms with Gasteiger partial charge in [0.05, 0.1) is 0 Å². The van der Waals surface area contributed by atoms with E-state index in [4.69, 9.17) is 5.11 Å². The van der Waals surface area contributed by atoms with Crippen LogP contribution in [-0.4, -0.2) is 41.0 Å². The Morgan fingerprint density at radius 1 is 1.03 bits per heavy atom. The van der Waals surface area contributed by atoms with Crippen LogP contribution < -0.4 is 5.32 Å². The third kappa shape index (κ3) is 6.98. The molecule has 6 heteroatoms. The number of carbonyl (C=O) groups is 2. The largest absolute Gasteiger partial charge is 0.396 e. The number of amides is 2. The second-order valence-corrected chi connectivity index (χ2v) is 7.32. The molecule has 0 fully saturated rings. The Bertz CT molecular complexity index is 778. The fraction of sp³-hybridized carbons (Fsp3) is 0.391. The van der Waals surface area contributed by atoms with E-state index in [0.29, 0.717) is 19.4 Å². The van der Waals surface area contributed by atoms with Crippen LogP contribution in [0.2, 0.25) is 0 Å². The molecule has 0 heterocycles. The molecule has 2 aromatic carbocycles. The molecule has 2 N–H and O–H groups in total. The van der Waals surface area contributed by atoms with Crippen LogP contribution in [0.1, 0.15) is 31.4 Å². The zero-order valence-corrected chi connectivity index (χ0v) is 17.0. The van der Waals surface area contributed by atoms with Crippen molar-refractivity contribution >= 4 is 11.8 Å². The van der Waals surface area contributed by atoms with Gasteiger partial charge in [0.15, 0.2) is 0 Å². The van der Waals surface area contributed by atoms with Crippen molar-refractivity contribution in [1.82, 2.24) is 10.2 Å². The lowest BCUT2D eigenvalue weighted by Crippen LogP contribution is -2.51. The van der Waals surface area contributed by atoms with Gasteiger partial charge in [-0.3, -0.25) is 9.59 Å². The minimum Gasteiger partial charge on any atom is -0.396 e. The van der Waals surface area contributed by atoms with E-state index in [-0.39, 0.29) is 36.7 Å². The van der Waals surface area contributed by atoms with Gasteiger partial charge in [0.1, 0.15) is 11.9 Å². The number of aliphatic hydroxyl groups is 1. The number of carbonyl (C=O) groups excluding carboxylic acids is 2. The predicted octanol–water partition coefficient (Wildman–Crippen LogP) is 2.92. The van der Waals surface area contributed by atoms with Gasteiger partial charge in [-0.05, 0) is 29.7 Å². The average molecular weight is 400 g/mol. The highest BCUT2D eigenvalue weighted by Gasteiger charge is 2.31. The zero-order chi connectivity index (χ0) is 21.2. The summed E-state index contributed by atoms with van der Waals surface area (Å²) in [6.07, 6.45) is 0.811. The lowest BCUT2D eigenvalue weighted by molar-refractivity contribution is -0.143. The van der Waals surface area contributed by atoms with E-state index in [1.807, 2.05) is 30.3 Å². The number of aliphatic hydroxyl groups excluding tert-OH is 1. The van der Waals surface area contributed by atoms with Gasteiger partial charge in [-0.1, -0.05) is 56.3 Å². The smallest absolute Gasteiger partial charge is 0.243 e. The van der Waals surface area contributed by atoms with E-state index in [9.17, 15) is 14.0 Å². The van der Waals surface area contributed by atoms with Crippen LogP contribution in [0, 0.1) is 11.7 Å². The molecule has 1 atom stereocenters. The highest BCUT2D eigenvalue weighted by molar-refractivity contribution is 5.88. The molecular formula is C23H29FN2O3. The number of rotatable bonds is 10. The summed E-state index contributed by atoms with van der Waals surface area (Å²) >= 11 is 0. The number of halogens is 1. The molecule has 0 aliphatic carbocycles. The van der Waals surface area contributed by atoms with Crippen molar-refractivity contribution in [1.29, 1.82) is 0 Å². The SMILES string of the molecule is CC(C)C(=O)N(Cc1ccc(F)cc1)[C@@H](Cc1ccccc1)C(=O)NCCCO. The highest BCUT2D eigenvalue weighted by atomic mass is 19.1. The molecule has 0 aliphatic heterocycles. The third-order valence-electron chi connectivity index (χ3n) is 4.63. The minimum absolute atomic E-state index is 0.0200. The van der Waals surface area contributed by atoms with Crippen LogP contribution in [0.4, 0.5) is 4.39 Å². The number of nitrogens with one attached hydrogen (secondary N) is 1. The van der Waals surface area contributed by atoms with Crippen molar-refractivity contribution in [3.63, 3.8) is 0 Å². The summed E-state index contributed by atoms with van der Waals surface area (Å²) in [6.45, 7) is 4.11. The summed E-state index contributed by atoms with van der Waals surface area (Å²) in [5.74, 6) is -1.05. The molecule has 0 bridgehead atoms. The molecule has 0 radical (unpaired) electrons. The van der Waals surface area contributed by atoms with E-state index in [2.05, 4.69) is 5.32 Å². The Kier molecular flexibility index (Phi) is 8.80. The van der Waals surface area contributed by atoms with Crippen molar-refractivity contribution in [3.8, 4) is 0 Å². The van der Waals surface area contributed by atoms with Crippen molar-refractivity contribution in [2.75, 3.05) is 13.2 Å². The number of hydrogen-bond donors (Lipinski definition) is 2. The summed E-state index contributed by atoms with van der Waals surface area (Å²) in [5, 5.41) is 11.8. The molecular weight excluding hydrogens is 371 g/mol. The van der Waals surface area contributed by atoms with E-state index in [1.54, 1.807) is 30.9 Å². The number of hydrogen-bond acceptors (Lipinski definition) is 3. The summed E-state index contributed by atoms with van der Waals surface area (Å²) < 4.78 is 13.3. The predicted molar refractivity (Wildman–Crippen MR) is 110 cm³/mol. The van der Waals surface area contributed by atoms with Gasteiger partial charge in [0.2, 0.25) is 11.8 Å². The maximum atomic E-state index is 13.3. The molecule has 5 nitrogen and oxygen atoms in total. The standard InChI is InChI=1S/C23H29FN2O3/c1-17(2)23(29)26(16-19-9-11-20(24)12-10-19)21(22(28)25-13-6-14-27)15-18-7-4-3-5-8-18/h3-5,7-12,17,21,27H,6,13-16H2,1-2H3,(H,25,28)/t21-/m0/s1. The van der Waals surface area contributed by atoms with E-state index in [1.165, 1.54) is 12.1 Å². The van der Waals surface area contributed by atoms with Gasteiger partial charge in [0, 0.05) is 32.0 Å². The Hall–Kier alpha value is -2.73. The molecule has 0 aromatic heterocycles. The van der Waals surface area contributed by atoms with Crippen molar-refractivity contribution in [2.24, 2.45) is 5.92 Å². The Labute approximate surface area is 171 Å². The van der Waals surface area contributed by atoms with E-state index >= 15 is 0 Å². The van der Waals surface area contributed by atoms with E-state index in [0.717, 1.165) is 11.1 Å². The molecule has 29 heavy (non-hydrogen) atoms. The second kappa shape index (κ2) is 11.3. The molecule has 0 spiro atoms. The van der Waals surface area contributed by atoms with E-state index < -0.39 is 6.04 Å². The van der Waals surface area contributed by atoms with Crippen LogP contribution in [-0.2, 0) is 22.6 Å². The third-order valence-corrected chi connectivity index (χ3v) is 4.63. The first kappa shape index (κ1) is 22.6. The quantitative estimate of drug-likeness (QED) is 0.603. The lowest BCUT2D eigenvalue weighted by atomic mass is 10.0. The normalized spacial score (nSPS) is 11.9. The van der Waals surface area contributed by atoms with Gasteiger partial charge >= 0.3 is 0 Å². The molecule has 2 amide bonds. The van der Waals surface area contributed by atoms with Gasteiger partial charge in [-0.15, -0.1) is 0 Å². The van der Waals surface area contributed by atoms with Crippen LogP contribution in [0.3, 0.4) is 0 Å². The summed E-state index contributed by atoms with van der Waals surface area (Å²) in [7, 11) is 0. The molecule has 2 rings (SSSR count). The Morgan fingerprint density at radius 3 is 2.28 bits per heavy atom. The van der Waals surface area contributed by atoms with Crippen molar-refractivity contribution in [2.45, 2.75) is 39.3 Å². The number of nitrogens with zero attached hydrogens (tertiary/aromatic N) is 1. The topological polar surface area (TPSA) is 69.6 Å². The molecule has 0 saturated heterocycles. The lowest BCUT2D eigenvalue weighted by Gasteiger charge is -2.32. The minimum atomic E-state index is -0.712. The first-order valence-electron chi connectivity index (χ1n) is 9.89.